The zero-order valence-corrected chi connectivity index (χ0v) is 8.94. The summed E-state index contributed by atoms with van der Waals surface area (Å²) in [5, 5.41) is 17.2. The minimum absolute atomic E-state index is 0.158. The molecule has 18 heavy (non-hydrogen) atoms. The summed E-state index contributed by atoms with van der Waals surface area (Å²) in [5.74, 6) is -6.10. The van der Waals surface area contributed by atoms with Crippen molar-refractivity contribution in [1.82, 2.24) is 0 Å². The van der Waals surface area contributed by atoms with Crippen LogP contribution in [0.4, 0.5) is 13.2 Å². The molecule has 0 saturated carbocycles. The molecule has 1 aromatic rings. The Balaban J connectivity index is 3.28. The van der Waals surface area contributed by atoms with Crippen LogP contribution in [0.3, 0.4) is 0 Å². The van der Waals surface area contributed by atoms with Crippen LogP contribution in [0.15, 0.2) is 24.3 Å². The third kappa shape index (κ3) is 3.22. The van der Waals surface area contributed by atoms with Gasteiger partial charge < -0.3 is 10.2 Å². The second-order valence-electron chi connectivity index (χ2n) is 3.58. The van der Waals surface area contributed by atoms with Crippen LogP contribution in [0.5, 0.6) is 0 Å². The number of aliphatic carboxylic acids is 2. The highest BCUT2D eigenvalue weighted by atomic mass is 19.4. The zero-order valence-electron chi connectivity index (χ0n) is 8.94. The van der Waals surface area contributed by atoms with Crippen molar-refractivity contribution in [2.24, 2.45) is 0 Å². The Morgan fingerprint density at radius 3 is 2.17 bits per heavy atom. The van der Waals surface area contributed by atoms with Crippen LogP contribution < -0.4 is 0 Å². The summed E-state index contributed by atoms with van der Waals surface area (Å²) in [4.78, 5) is 21.3. The minimum Gasteiger partial charge on any atom is -0.481 e. The van der Waals surface area contributed by atoms with Gasteiger partial charge in [0.2, 0.25) is 0 Å². The van der Waals surface area contributed by atoms with E-state index in [0.29, 0.717) is 0 Å². The number of carbonyl (C=O) groups is 2. The Hall–Kier alpha value is -2.05. The normalized spacial score (nSPS) is 13.1. The summed E-state index contributed by atoms with van der Waals surface area (Å²) in [6, 6.07) is 4.75. The Bertz CT molecular complexity index is 468. The molecule has 1 atom stereocenters. The lowest BCUT2D eigenvalue weighted by molar-refractivity contribution is -0.176. The number of halogens is 3. The standard InChI is InChI=1S/C11H9F3O4/c12-11(13,14)9(10(17)18)7-4-2-1-3-6(7)5-8(15)16/h1-4,9H,5H2,(H,15,16)(H,17,18). The van der Waals surface area contributed by atoms with Crippen LogP contribution >= 0.6 is 0 Å². The SMILES string of the molecule is O=C(O)Cc1ccccc1C(C(=O)O)C(F)(F)F. The molecule has 0 fully saturated rings. The van der Waals surface area contributed by atoms with Gasteiger partial charge in [0.05, 0.1) is 6.42 Å². The van der Waals surface area contributed by atoms with Gasteiger partial charge in [-0.2, -0.15) is 13.2 Å². The van der Waals surface area contributed by atoms with Gasteiger partial charge in [-0.05, 0) is 11.1 Å². The third-order valence-electron chi connectivity index (χ3n) is 2.28. The maximum absolute atomic E-state index is 12.6. The van der Waals surface area contributed by atoms with Gasteiger partial charge in [0.25, 0.3) is 0 Å². The molecular formula is C11H9F3O4. The highest BCUT2D eigenvalue weighted by Gasteiger charge is 2.47. The van der Waals surface area contributed by atoms with Crippen LogP contribution in [0.2, 0.25) is 0 Å². The topological polar surface area (TPSA) is 74.6 Å². The van der Waals surface area contributed by atoms with Crippen molar-refractivity contribution >= 4 is 11.9 Å². The van der Waals surface area contributed by atoms with E-state index in [9.17, 15) is 22.8 Å². The average molecular weight is 262 g/mol. The molecule has 7 heteroatoms. The minimum atomic E-state index is -4.97. The van der Waals surface area contributed by atoms with Gasteiger partial charge in [-0.3, -0.25) is 9.59 Å². The van der Waals surface area contributed by atoms with E-state index in [1.807, 2.05) is 0 Å². The van der Waals surface area contributed by atoms with Gasteiger partial charge in [-0.1, -0.05) is 24.3 Å². The van der Waals surface area contributed by atoms with Gasteiger partial charge in [0.15, 0.2) is 5.92 Å². The Labute approximate surface area is 99.7 Å². The first-order chi connectivity index (χ1) is 8.23. The maximum atomic E-state index is 12.6. The molecule has 1 rings (SSSR count). The van der Waals surface area contributed by atoms with Crippen LogP contribution in [-0.2, 0) is 16.0 Å². The summed E-state index contributed by atoms with van der Waals surface area (Å²) in [6.45, 7) is 0. The molecule has 0 spiro atoms. The van der Waals surface area contributed by atoms with Gasteiger partial charge in [-0.15, -0.1) is 0 Å². The van der Waals surface area contributed by atoms with Crippen molar-refractivity contribution in [3.05, 3.63) is 35.4 Å². The molecule has 4 nitrogen and oxygen atoms in total. The first kappa shape index (κ1) is 14.0. The van der Waals surface area contributed by atoms with Crippen molar-refractivity contribution in [3.8, 4) is 0 Å². The lowest BCUT2D eigenvalue weighted by Gasteiger charge is -2.18. The molecule has 1 unspecified atom stereocenters. The number of alkyl halides is 3. The predicted octanol–water partition coefficient (Wildman–Crippen LogP) is 2.04. The van der Waals surface area contributed by atoms with Crippen molar-refractivity contribution < 1.29 is 33.0 Å². The van der Waals surface area contributed by atoms with E-state index >= 15 is 0 Å². The second kappa shape index (κ2) is 5.07. The van der Waals surface area contributed by atoms with Gasteiger partial charge in [-0.25, -0.2) is 0 Å². The quantitative estimate of drug-likeness (QED) is 0.870. The number of hydrogen-bond donors (Lipinski definition) is 2. The molecule has 0 amide bonds. The summed E-state index contributed by atoms with van der Waals surface area (Å²) in [6.07, 6.45) is -5.63. The van der Waals surface area contributed by atoms with E-state index < -0.39 is 36.0 Å². The fourth-order valence-corrected chi connectivity index (χ4v) is 1.59. The van der Waals surface area contributed by atoms with E-state index in [-0.39, 0.29) is 5.56 Å². The fourth-order valence-electron chi connectivity index (χ4n) is 1.59. The van der Waals surface area contributed by atoms with Crippen LogP contribution in [-0.4, -0.2) is 28.3 Å². The van der Waals surface area contributed by atoms with Crippen LogP contribution in [0.1, 0.15) is 17.0 Å². The van der Waals surface area contributed by atoms with Gasteiger partial charge in [0.1, 0.15) is 0 Å². The predicted molar refractivity (Wildman–Crippen MR) is 54.2 cm³/mol. The van der Waals surface area contributed by atoms with E-state index in [2.05, 4.69) is 0 Å². The molecular weight excluding hydrogens is 253 g/mol. The molecule has 0 saturated heterocycles. The van der Waals surface area contributed by atoms with Crippen molar-refractivity contribution in [3.63, 3.8) is 0 Å². The summed E-state index contributed by atoms with van der Waals surface area (Å²) in [5.41, 5.74) is -0.699. The largest absolute Gasteiger partial charge is 0.481 e. The smallest absolute Gasteiger partial charge is 0.406 e. The number of carboxylic acids is 2. The van der Waals surface area contributed by atoms with Crippen LogP contribution in [0, 0.1) is 0 Å². The fraction of sp³-hybridized carbons (Fsp3) is 0.273. The first-order valence-electron chi connectivity index (χ1n) is 4.82. The Kier molecular flexibility index (Phi) is 3.95. The molecule has 0 radical (unpaired) electrons. The van der Waals surface area contributed by atoms with E-state index in [1.54, 1.807) is 0 Å². The van der Waals surface area contributed by atoms with Crippen molar-refractivity contribution in [1.29, 1.82) is 0 Å². The maximum Gasteiger partial charge on any atom is 0.406 e. The van der Waals surface area contributed by atoms with Crippen molar-refractivity contribution in [2.75, 3.05) is 0 Å². The summed E-state index contributed by atoms with van der Waals surface area (Å²) >= 11 is 0. The third-order valence-corrected chi connectivity index (χ3v) is 2.28. The number of benzene rings is 1. The molecule has 0 aliphatic rings. The molecule has 0 aromatic heterocycles. The highest BCUT2D eigenvalue weighted by molar-refractivity contribution is 5.79. The molecule has 2 N–H and O–H groups in total. The summed E-state index contributed by atoms with van der Waals surface area (Å²) < 4.78 is 37.9. The zero-order chi connectivity index (χ0) is 13.9. The van der Waals surface area contributed by atoms with Crippen molar-refractivity contribution in [2.45, 2.75) is 18.5 Å². The van der Waals surface area contributed by atoms with Gasteiger partial charge >= 0.3 is 18.1 Å². The van der Waals surface area contributed by atoms with E-state index in [0.717, 1.165) is 6.07 Å². The number of rotatable bonds is 4. The molecule has 0 heterocycles. The monoisotopic (exact) mass is 262 g/mol. The number of hydrogen-bond acceptors (Lipinski definition) is 2. The Morgan fingerprint density at radius 2 is 1.72 bits per heavy atom. The first-order valence-corrected chi connectivity index (χ1v) is 4.82. The second-order valence-corrected chi connectivity index (χ2v) is 3.58. The van der Waals surface area contributed by atoms with E-state index in [4.69, 9.17) is 10.2 Å². The Morgan fingerprint density at radius 1 is 1.17 bits per heavy atom. The average Bonchev–Trinajstić information content (AvgIpc) is 2.17. The number of carboxylic acid groups (broad SMARTS) is 2. The lowest BCUT2D eigenvalue weighted by Crippen LogP contribution is -2.29. The molecule has 0 aliphatic carbocycles. The van der Waals surface area contributed by atoms with E-state index in [1.165, 1.54) is 18.2 Å². The highest BCUT2D eigenvalue weighted by Crippen LogP contribution is 2.36. The molecule has 0 bridgehead atoms. The lowest BCUT2D eigenvalue weighted by atomic mass is 9.92. The molecule has 98 valence electrons. The molecule has 0 aliphatic heterocycles. The van der Waals surface area contributed by atoms with Gasteiger partial charge in [0, 0.05) is 0 Å². The summed E-state index contributed by atoms with van der Waals surface area (Å²) in [7, 11) is 0. The molecule has 1 aromatic carbocycles. The van der Waals surface area contributed by atoms with Crippen LogP contribution in [0.25, 0.3) is 0 Å².